The van der Waals surface area contributed by atoms with Gasteiger partial charge < -0.3 is 10.0 Å². The number of anilines is 1. The average molecular weight is 242 g/mol. The van der Waals surface area contributed by atoms with Crippen molar-refractivity contribution in [1.82, 2.24) is 0 Å². The molecule has 0 fully saturated rings. The van der Waals surface area contributed by atoms with Gasteiger partial charge in [-0.25, -0.2) is 0 Å². The van der Waals surface area contributed by atoms with Crippen LogP contribution in [-0.2, 0) is 0 Å². The van der Waals surface area contributed by atoms with Crippen LogP contribution >= 0.6 is 11.6 Å². The summed E-state index contributed by atoms with van der Waals surface area (Å²) in [6.45, 7) is 3.97. The highest BCUT2D eigenvalue weighted by atomic mass is 35.5. The van der Waals surface area contributed by atoms with Gasteiger partial charge in [-0.2, -0.15) is 0 Å². The van der Waals surface area contributed by atoms with E-state index < -0.39 is 5.60 Å². The van der Waals surface area contributed by atoms with Crippen molar-refractivity contribution in [1.29, 1.82) is 0 Å². The number of likely N-dealkylation sites (N-methyl/N-ethyl adjacent to an activating group) is 1. The number of rotatable bonds is 4. The number of aldehydes is 1. The lowest BCUT2D eigenvalue weighted by Crippen LogP contribution is -2.36. The summed E-state index contributed by atoms with van der Waals surface area (Å²) < 4.78 is 0. The van der Waals surface area contributed by atoms with Crippen molar-refractivity contribution >= 4 is 23.6 Å². The second-order valence-electron chi connectivity index (χ2n) is 4.49. The van der Waals surface area contributed by atoms with E-state index in [4.69, 9.17) is 11.6 Å². The van der Waals surface area contributed by atoms with E-state index in [9.17, 15) is 9.90 Å². The van der Waals surface area contributed by atoms with E-state index in [1.54, 1.807) is 32.0 Å². The highest BCUT2D eigenvalue weighted by Crippen LogP contribution is 2.23. The van der Waals surface area contributed by atoms with E-state index in [2.05, 4.69) is 0 Å². The van der Waals surface area contributed by atoms with Gasteiger partial charge in [-0.1, -0.05) is 11.6 Å². The molecule has 0 unspecified atom stereocenters. The SMILES string of the molecule is CN(CC(C)(C)O)c1ccc(C=O)c(Cl)c1. The van der Waals surface area contributed by atoms with Gasteiger partial charge in [0.1, 0.15) is 0 Å². The lowest BCUT2D eigenvalue weighted by atomic mass is 10.1. The molecular weight excluding hydrogens is 226 g/mol. The molecule has 0 saturated carbocycles. The van der Waals surface area contributed by atoms with Gasteiger partial charge in [0.05, 0.1) is 10.6 Å². The Morgan fingerprint density at radius 1 is 1.50 bits per heavy atom. The van der Waals surface area contributed by atoms with Crippen LogP contribution in [0, 0.1) is 0 Å². The van der Waals surface area contributed by atoms with E-state index in [-0.39, 0.29) is 0 Å². The molecule has 0 aliphatic heterocycles. The topological polar surface area (TPSA) is 40.5 Å². The Morgan fingerprint density at radius 3 is 2.56 bits per heavy atom. The van der Waals surface area contributed by atoms with Gasteiger partial charge in [-0.05, 0) is 32.0 Å². The minimum Gasteiger partial charge on any atom is -0.389 e. The summed E-state index contributed by atoms with van der Waals surface area (Å²) in [7, 11) is 1.87. The predicted octanol–water partition coefficient (Wildman–Crippen LogP) is 2.36. The van der Waals surface area contributed by atoms with Crippen molar-refractivity contribution in [3.8, 4) is 0 Å². The molecule has 0 atom stereocenters. The summed E-state index contributed by atoms with van der Waals surface area (Å²) in [6, 6.07) is 5.20. The number of hydrogen-bond acceptors (Lipinski definition) is 3. The highest BCUT2D eigenvalue weighted by molar-refractivity contribution is 6.33. The molecule has 1 rings (SSSR count). The van der Waals surface area contributed by atoms with Gasteiger partial charge in [0, 0.05) is 24.8 Å². The fourth-order valence-corrected chi connectivity index (χ4v) is 1.74. The van der Waals surface area contributed by atoms with E-state index in [0.717, 1.165) is 12.0 Å². The largest absolute Gasteiger partial charge is 0.389 e. The van der Waals surface area contributed by atoms with E-state index in [1.807, 2.05) is 11.9 Å². The Hall–Kier alpha value is -1.06. The first-order valence-electron chi connectivity index (χ1n) is 5.02. The first-order chi connectivity index (χ1) is 7.33. The molecule has 1 aromatic carbocycles. The Bertz CT molecular complexity index is 385. The fourth-order valence-electron chi connectivity index (χ4n) is 1.52. The Morgan fingerprint density at radius 2 is 2.12 bits per heavy atom. The van der Waals surface area contributed by atoms with Gasteiger partial charge >= 0.3 is 0 Å². The zero-order valence-corrected chi connectivity index (χ0v) is 10.5. The van der Waals surface area contributed by atoms with Gasteiger partial charge in [-0.15, -0.1) is 0 Å². The van der Waals surface area contributed by atoms with E-state index in [1.165, 1.54) is 0 Å². The molecule has 88 valence electrons. The van der Waals surface area contributed by atoms with Crippen LogP contribution in [0.5, 0.6) is 0 Å². The third-order valence-electron chi connectivity index (χ3n) is 2.18. The standard InChI is InChI=1S/C12H16ClNO2/c1-12(2,16)8-14(3)10-5-4-9(7-15)11(13)6-10/h4-7,16H,8H2,1-3H3. The quantitative estimate of drug-likeness (QED) is 0.823. The Balaban J connectivity index is 2.89. The van der Waals surface area contributed by atoms with Crippen LogP contribution in [0.3, 0.4) is 0 Å². The van der Waals surface area contributed by atoms with Crippen LogP contribution in [0.4, 0.5) is 5.69 Å². The normalized spacial score (nSPS) is 11.3. The lowest BCUT2D eigenvalue weighted by Gasteiger charge is -2.27. The van der Waals surface area contributed by atoms with Crippen LogP contribution in [0.1, 0.15) is 24.2 Å². The summed E-state index contributed by atoms with van der Waals surface area (Å²) in [5, 5.41) is 10.1. The average Bonchev–Trinajstić information content (AvgIpc) is 2.15. The highest BCUT2D eigenvalue weighted by Gasteiger charge is 2.16. The second-order valence-corrected chi connectivity index (χ2v) is 4.90. The van der Waals surface area contributed by atoms with Crippen molar-refractivity contribution < 1.29 is 9.90 Å². The molecule has 0 aliphatic carbocycles. The fraction of sp³-hybridized carbons (Fsp3) is 0.417. The zero-order valence-electron chi connectivity index (χ0n) is 9.70. The maximum atomic E-state index is 10.6. The smallest absolute Gasteiger partial charge is 0.151 e. The molecule has 16 heavy (non-hydrogen) atoms. The first kappa shape index (κ1) is 13.0. The number of halogens is 1. The van der Waals surface area contributed by atoms with Gasteiger partial charge in [-0.3, -0.25) is 4.79 Å². The third kappa shape index (κ3) is 3.51. The molecule has 1 N–H and O–H groups in total. The number of benzene rings is 1. The molecule has 0 radical (unpaired) electrons. The molecule has 0 bridgehead atoms. The van der Waals surface area contributed by atoms with Crippen molar-refractivity contribution in [2.24, 2.45) is 0 Å². The summed E-state index contributed by atoms with van der Waals surface area (Å²) >= 11 is 5.92. The predicted molar refractivity (Wildman–Crippen MR) is 66.4 cm³/mol. The minimum atomic E-state index is -0.773. The monoisotopic (exact) mass is 241 g/mol. The minimum absolute atomic E-state index is 0.426. The molecule has 0 amide bonds. The molecule has 4 heteroatoms. The molecule has 0 aromatic heterocycles. The zero-order chi connectivity index (χ0) is 12.3. The lowest BCUT2D eigenvalue weighted by molar-refractivity contribution is 0.0886. The number of hydrogen-bond donors (Lipinski definition) is 1. The van der Waals surface area contributed by atoms with Crippen LogP contribution in [0.15, 0.2) is 18.2 Å². The van der Waals surface area contributed by atoms with Crippen molar-refractivity contribution in [3.05, 3.63) is 28.8 Å². The number of nitrogens with zero attached hydrogens (tertiary/aromatic N) is 1. The van der Waals surface area contributed by atoms with Crippen molar-refractivity contribution in [2.75, 3.05) is 18.5 Å². The molecular formula is C12H16ClNO2. The van der Waals surface area contributed by atoms with Crippen LogP contribution in [0.2, 0.25) is 5.02 Å². The molecule has 0 saturated heterocycles. The third-order valence-corrected chi connectivity index (χ3v) is 2.50. The number of carbonyl (C=O) groups excluding carboxylic acids is 1. The second kappa shape index (κ2) is 4.85. The summed E-state index contributed by atoms with van der Waals surface area (Å²) in [6.07, 6.45) is 0.724. The summed E-state index contributed by atoms with van der Waals surface area (Å²) in [5.41, 5.74) is 0.574. The Labute approximate surface area is 101 Å². The first-order valence-corrected chi connectivity index (χ1v) is 5.39. The van der Waals surface area contributed by atoms with Crippen LogP contribution in [0.25, 0.3) is 0 Å². The van der Waals surface area contributed by atoms with Crippen LogP contribution in [-0.4, -0.2) is 30.6 Å². The maximum absolute atomic E-state index is 10.6. The maximum Gasteiger partial charge on any atom is 0.151 e. The van der Waals surface area contributed by atoms with Gasteiger partial charge in [0.25, 0.3) is 0 Å². The van der Waals surface area contributed by atoms with Gasteiger partial charge in [0.15, 0.2) is 6.29 Å². The molecule has 3 nitrogen and oxygen atoms in total. The molecule has 0 aliphatic rings. The molecule has 0 spiro atoms. The van der Waals surface area contributed by atoms with E-state index in [0.29, 0.717) is 17.1 Å². The number of carbonyl (C=O) groups is 1. The number of aliphatic hydroxyl groups is 1. The summed E-state index contributed by atoms with van der Waals surface area (Å²) in [4.78, 5) is 12.5. The van der Waals surface area contributed by atoms with Crippen molar-refractivity contribution in [3.63, 3.8) is 0 Å². The van der Waals surface area contributed by atoms with E-state index >= 15 is 0 Å². The van der Waals surface area contributed by atoms with Crippen LogP contribution < -0.4 is 4.90 Å². The molecule has 1 aromatic rings. The van der Waals surface area contributed by atoms with Gasteiger partial charge in [0.2, 0.25) is 0 Å². The summed E-state index contributed by atoms with van der Waals surface area (Å²) in [5.74, 6) is 0. The Kier molecular flexibility index (Phi) is 3.94. The van der Waals surface area contributed by atoms with Crippen molar-refractivity contribution in [2.45, 2.75) is 19.4 Å². The molecule has 0 heterocycles.